The van der Waals surface area contributed by atoms with Crippen LogP contribution in [0.4, 0.5) is 13.2 Å². The maximum absolute atomic E-state index is 12.6. The largest absolute Gasteiger partial charge is 0.487 e. The zero-order valence-corrected chi connectivity index (χ0v) is 15.7. The molecule has 1 aromatic heterocycles. The highest BCUT2D eigenvalue weighted by Crippen LogP contribution is 2.23. The van der Waals surface area contributed by atoms with Gasteiger partial charge in [0.15, 0.2) is 6.10 Å². The molecule has 1 unspecified atom stereocenters. The van der Waals surface area contributed by atoms with E-state index in [1.165, 1.54) is 12.3 Å². The third-order valence-electron chi connectivity index (χ3n) is 3.80. The zero-order valence-electron chi connectivity index (χ0n) is 15.7. The molecule has 28 heavy (non-hydrogen) atoms. The Morgan fingerprint density at radius 1 is 1.18 bits per heavy atom. The first kappa shape index (κ1) is 21.7. The van der Waals surface area contributed by atoms with Gasteiger partial charge in [-0.2, -0.15) is 18.3 Å². The zero-order chi connectivity index (χ0) is 20.6. The fraction of sp³-hybridized carbons (Fsp3) is 0.474. The average molecular weight is 400 g/mol. The lowest BCUT2D eigenvalue weighted by atomic mass is 10.1. The van der Waals surface area contributed by atoms with Crippen molar-refractivity contribution in [1.29, 1.82) is 0 Å². The van der Waals surface area contributed by atoms with Crippen LogP contribution in [0.15, 0.2) is 36.5 Å². The number of carbonyl (C=O) groups is 1. The molecular formula is C19H23F3N2O4. The Morgan fingerprint density at radius 3 is 2.61 bits per heavy atom. The molecule has 9 heteroatoms. The van der Waals surface area contributed by atoms with Gasteiger partial charge in [-0.15, -0.1) is 0 Å². The van der Waals surface area contributed by atoms with Crippen molar-refractivity contribution >= 4 is 5.97 Å². The highest BCUT2D eigenvalue weighted by molar-refractivity contribution is 5.75. The number of benzene rings is 1. The molecule has 2 aromatic rings. The number of aromatic nitrogens is 2. The summed E-state index contributed by atoms with van der Waals surface area (Å²) in [4.78, 5) is 12.1. The van der Waals surface area contributed by atoms with Crippen molar-refractivity contribution in [3.63, 3.8) is 0 Å². The van der Waals surface area contributed by atoms with Gasteiger partial charge in [-0.25, -0.2) is 4.79 Å². The van der Waals surface area contributed by atoms with Gasteiger partial charge in [0, 0.05) is 19.2 Å². The lowest BCUT2D eigenvalue weighted by Gasteiger charge is -2.18. The van der Waals surface area contributed by atoms with E-state index in [1.54, 1.807) is 38.1 Å². The number of esters is 1. The molecule has 0 aliphatic carbocycles. The summed E-state index contributed by atoms with van der Waals surface area (Å²) in [5.74, 6) is -0.0151. The van der Waals surface area contributed by atoms with E-state index in [9.17, 15) is 18.0 Å². The van der Waals surface area contributed by atoms with Crippen LogP contribution in [0, 0.1) is 0 Å². The Labute approximate surface area is 161 Å². The van der Waals surface area contributed by atoms with E-state index in [2.05, 4.69) is 5.10 Å². The van der Waals surface area contributed by atoms with Gasteiger partial charge in [-0.1, -0.05) is 18.2 Å². The van der Waals surface area contributed by atoms with Gasteiger partial charge in [-0.05, 0) is 31.5 Å². The van der Waals surface area contributed by atoms with E-state index >= 15 is 0 Å². The highest BCUT2D eigenvalue weighted by atomic mass is 19.4. The first-order valence-corrected chi connectivity index (χ1v) is 8.90. The second kappa shape index (κ2) is 10.1. The molecule has 0 aliphatic rings. The summed E-state index contributed by atoms with van der Waals surface area (Å²) in [5, 5.41) is 3.69. The van der Waals surface area contributed by atoms with Crippen LogP contribution in [0.25, 0.3) is 0 Å². The first-order valence-electron chi connectivity index (χ1n) is 8.90. The summed E-state index contributed by atoms with van der Waals surface area (Å²) >= 11 is 0. The predicted octanol–water partition coefficient (Wildman–Crippen LogP) is 3.54. The van der Waals surface area contributed by atoms with Crippen LogP contribution in [0.5, 0.6) is 5.75 Å². The second-order valence-electron chi connectivity index (χ2n) is 5.89. The van der Waals surface area contributed by atoms with Crippen LogP contribution in [0.1, 0.15) is 25.1 Å². The molecule has 0 N–H and O–H groups in total. The minimum absolute atomic E-state index is 0.0915. The molecule has 0 radical (unpaired) electrons. The van der Waals surface area contributed by atoms with Gasteiger partial charge in [-0.3, -0.25) is 4.68 Å². The minimum Gasteiger partial charge on any atom is -0.487 e. The third kappa shape index (κ3) is 6.56. The van der Waals surface area contributed by atoms with Crippen molar-refractivity contribution in [2.24, 2.45) is 0 Å². The number of hydrogen-bond acceptors (Lipinski definition) is 5. The van der Waals surface area contributed by atoms with Gasteiger partial charge in [0.25, 0.3) is 0 Å². The molecule has 0 bridgehead atoms. The molecule has 1 heterocycles. The monoisotopic (exact) mass is 400 g/mol. The van der Waals surface area contributed by atoms with Crippen LogP contribution < -0.4 is 4.74 Å². The number of nitrogens with zero attached hydrogens (tertiary/aromatic N) is 2. The van der Waals surface area contributed by atoms with Gasteiger partial charge in [0.1, 0.15) is 18.9 Å². The molecular weight excluding hydrogens is 377 g/mol. The lowest BCUT2D eigenvalue weighted by molar-refractivity contribution is -0.156. The molecule has 154 valence electrons. The third-order valence-corrected chi connectivity index (χ3v) is 3.80. The number of para-hydroxylation sites is 1. The van der Waals surface area contributed by atoms with E-state index in [0.717, 1.165) is 4.68 Å². The number of rotatable bonds is 10. The fourth-order valence-electron chi connectivity index (χ4n) is 2.61. The average Bonchev–Trinajstić information content (AvgIpc) is 3.06. The molecule has 0 fully saturated rings. The first-order chi connectivity index (χ1) is 13.3. The van der Waals surface area contributed by atoms with Crippen molar-refractivity contribution in [3.8, 4) is 5.75 Å². The Morgan fingerprint density at radius 2 is 1.93 bits per heavy atom. The number of hydrogen-bond donors (Lipinski definition) is 0. The van der Waals surface area contributed by atoms with Crippen molar-refractivity contribution in [2.75, 3.05) is 13.2 Å². The van der Waals surface area contributed by atoms with Crippen LogP contribution in [0.3, 0.4) is 0 Å². The van der Waals surface area contributed by atoms with Crippen molar-refractivity contribution < 1.29 is 32.2 Å². The fourth-order valence-corrected chi connectivity index (χ4v) is 2.61. The van der Waals surface area contributed by atoms with Gasteiger partial charge < -0.3 is 14.2 Å². The van der Waals surface area contributed by atoms with Crippen molar-refractivity contribution in [1.82, 2.24) is 9.78 Å². The number of alkyl halides is 3. The minimum atomic E-state index is -4.37. The highest BCUT2D eigenvalue weighted by Gasteiger charge is 2.29. The van der Waals surface area contributed by atoms with E-state index < -0.39 is 24.8 Å². The Hall–Kier alpha value is -2.55. The van der Waals surface area contributed by atoms with Crippen LogP contribution in [0.2, 0.25) is 0 Å². The molecule has 0 amide bonds. The summed E-state index contributed by atoms with van der Waals surface area (Å²) in [6.45, 7) is 2.78. The number of carbonyl (C=O) groups excluding carboxylic acids is 1. The Balaban J connectivity index is 2.10. The SMILES string of the molecule is CCOC(=O)C(Cc1ccccc1OCc1ccnn1CC(F)(F)F)OCC. The van der Waals surface area contributed by atoms with Crippen LogP contribution in [-0.2, 0) is 33.8 Å². The normalized spacial score (nSPS) is 12.6. The summed E-state index contributed by atoms with van der Waals surface area (Å²) in [5.41, 5.74) is 0.981. The van der Waals surface area contributed by atoms with Crippen LogP contribution in [-0.4, -0.2) is 41.2 Å². The maximum Gasteiger partial charge on any atom is 0.408 e. The quantitative estimate of drug-likeness (QED) is 0.571. The molecule has 1 aromatic carbocycles. The van der Waals surface area contributed by atoms with Gasteiger partial charge in [0.05, 0.1) is 12.3 Å². The van der Waals surface area contributed by atoms with E-state index in [4.69, 9.17) is 14.2 Å². The lowest BCUT2D eigenvalue weighted by Crippen LogP contribution is -2.29. The summed E-state index contributed by atoms with van der Waals surface area (Å²) < 4.78 is 54.9. The molecule has 2 rings (SSSR count). The van der Waals surface area contributed by atoms with Crippen molar-refractivity contribution in [2.45, 2.75) is 45.7 Å². The summed E-state index contributed by atoms with van der Waals surface area (Å²) in [6, 6.07) is 8.45. The van der Waals surface area contributed by atoms with Gasteiger partial charge >= 0.3 is 12.1 Å². The van der Waals surface area contributed by atoms with Gasteiger partial charge in [0.2, 0.25) is 0 Å². The molecule has 1 atom stereocenters. The summed E-state index contributed by atoms with van der Waals surface area (Å²) in [7, 11) is 0. The molecule has 0 spiro atoms. The predicted molar refractivity (Wildman–Crippen MR) is 94.8 cm³/mol. The van der Waals surface area contributed by atoms with E-state index in [-0.39, 0.29) is 19.6 Å². The Kier molecular flexibility index (Phi) is 7.86. The smallest absolute Gasteiger partial charge is 0.408 e. The van der Waals surface area contributed by atoms with Crippen molar-refractivity contribution in [3.05, 3.63) is 47.8 Å². The standard InChI is InChI=1S/C19H23F3N2O4/c1-3-26-17(18(25)27-4-2)11-14-7-5-6-8-16(14)28-12-15-9-10-23-24(15)13-19(20,21)22/h5-10,17H,3-4,11-13H2,1-2H3. The second-order valence-corrected chi connectivity index (χ2v) is 5.89. The number of halogens is 3. The molecule has 0 saturated heterocycles. The molecule has 0 aliphatic heterocycles. The summed E-state index contributed by atoms with van der Waals surface area (Å²) in [6.07, 6.45) is -3.64. The Bertz CT molecular complexity index is 762. The van der Waals surface area contributed by atoms with E-state index in [0.29, 0.717) is 23.6 Å². The number of ether oxygens (including phenoxy) is 3. The topological polar surface area (TPSA) is 62.6 Å². The van der Waals surface area contributed by atoms with Crippen LogP contribution >= 0.6 is 0 Å². The molecule has 6 nitrogen and oxygen atoms in total. The maximum atomic E-state index is 12.6. The van der Waals surface area contributed by atoms with E-state index in [1.807, 2.05) is 0 Å². The molecule has 0 saturated carbocycles.